The largest absolute Gasteiger partial charge is 0.495 e. The van der Waals surface area contributed by atoms with Gasteiger partial charge in [0.2, 0.25) is 15.9 Å². The van der Waals surface area contributed by atoms with Crippen molar-refractivity contribution in [3.63, 3.8) is 0 Å². The molecule has 0 bridgehead atoms. The molecule has 0 spiro atoms. The van der Waals surface area contributed by atoms with Crippen LogP contribution in [-0.2, 0) is 21.4 Å². The van der Waals surface area contributed by atoms with E-state index in [-0.39, 0.29) is 22.2 Å². The molecule has 26 heavy (non-hydrogen) atoms. The molecule has 0 atom stereocenters. The molecular formula is C18H21ClN2O4S. The zero-order valence-corrected chi connectivity index (χ0v) is 16.4. The summed E-state index contributed by atoms with van der Waals surface area (Å²) in [6.45, 7) is 1.99. The van der Waals surface area contributed by atoms with Gasteiger partial charge in [-0.3, -0.25) is 4.79 Å². The van der Waals surface area contributed by atoms with Crippen LogP contribution in [0.5, 0.6) is 5.75 Å². The number of nitrogens with one attached hydrogen (secondary N) is 1. The monoisotopic (exact) mass is 396 g/mol. The number of rotatable bonds is 7. The van der Waals surface area contributed by atoms with Crippen LogP contribution in [0.1, 0.15) is 11.1 Å². The van der Waals surface area contributed by atoms with Gasteiger partial charge in [0.05, 0.1) is 13.7 Å². The Morgan fingerprint density at radius 3 is 2.46 bits per heavy atom. The summed E-state index contributed by atoms with van der Waals surface area (Å²) in [5.74, 6) is -0.237. The van der Waals surface area contributed by atoms with Crippen molar-refractivity contribution in [2.45, 2.75) is 18.4 Å². The lowest BCUT2D eigenvalue weighted by Gasteiger charge is -2.18. The molecule has 0 fully saturated rings. The van der Waals surface area contributed by atoms with Crippen LogP contribution in [0, 0.1) is 6.92 Å². The summed E-state index contributed by atoms with van der Waals surface area (Å²) >= 11 is 5.90. The first-order valence-corrected chi connectivity index (χ1v) is 9.68. The number of aryl methyl sites for hydroxylation is 1. The van der Waals surface area contributed by atoms with Crippen LogP contribution in [0.15, 0.2) is 47.4 Å². The summed E-state index contributed by atoms with van der Waals surface area (Å²) in [5.41, 5.74) is 2.06. The number of ether oxygens (including phenoxy) is 1. The maximum absolute atomic E-state index is 12.7. The fourth-order valence-electron chi connectivity index (χ4n) is 2.27. The Balaban J connectivity index is 2.05. The van der Waals surface area contributed by atoms with Crippen molar-refractivity contribution in [2.24, 2.45) is 0 Å². The van der Waals surface area contributed by atoms with E-state index in [9.17, 15) is 13.2 Å². The Kier molecular flexibility index (Phi) is 6.63. The molecule has 2 aromatic rings. The fraction of sp³-hybridized carbons (Fsp3) is 0.278. The highest BCUT2D eigenvalue weighted by Gasteiger charge is 2.26. The highest BCUT2D eigenvalue weighted by atomic mass is 35.5. The van der Waals surface area contributed by atoms with Crippen LogP contribution in [0.25, 0.3) is 0 Å². The Morgan fingerprint density at radius 2 is 1.85 bits per heavy atom. The van der Waals surface area contributed by atoms with Crippen LogP contribution >= 0.6 is 11.6 Å². The topological polar surface area (TPSA) is 75.7 Å². The van der Waals surface area contributed by atoms with Gasteiger partial charge in [-0.25, -0.2) is 8.42 Å². The molecule has 0 saturated carbocycles. The van der Waals surface area contributed by atoms with Crippen LogP contribution in [0.3, 0.4) is 0 Å². The summed E-state index contributed by atoms with van der Waals surface area (Å²) in [4.78, 5) is 12.0. The van der Waals surface area contributed by atoms with Gasteiger partial charge >= 0.3 is 0 Å². The lowest BCUT2D eigenvalue weighted by molar-refractivity contribution is -0.121. The molecule has 0 saturated heterocycles. The molecule has 6 nitrogen and oxygen atoms in total. The molecule has 0 heterocycles. The van der Waals surface area contributed by atoms with E-state index in [2.05, 4.69) is 5.32 Å². The first-order valence-electron chi connectivity index (χ1n) is 7.86. The SMILES string of the molecule is COc1ccc(Cl)cc1S(=O)(=O)N(C)CC(=O)NCc1ccc(C)cc1. The third kappa shape index (κ3) is 4.97. The van der Waals surface area contributed by atoms with Gasteiger partial charge in [-0.1, -0.05) is 41.4 Å². The van der Waals surface area contributed by atoms with Crippen molar-refractivity contribution >= 4 is 27.5 Å². The normalized spacial score (nSPS) is 11.4. The van der Waals surface area contributed by atoms with Crippen LogP contribution in [-0.4, -0.2) is 39.3 Å². The van der Waals surface area contributed by atoms with E-state index in [0.29, 0.717) is 6.54 Å². The van der Waals surface area contributed by atoms with Crippen molar-refractivity contribution in [1.29, 1.82) is 0 Å². The number of carbonyl (C=O) groups is 1. The van der Waals surface area contributed by atoms with E-state index >= 15 is 0 Å². The molecule has 0 aliphatic carbocycles. The van der Waals surface area contributed by atoms with Gasteiger partial charge in [0.15, 0.2) is 0 Å². The summed E-state index contributed by atoms with van der Waals surface area (Å²) < 4.78 is 31.5. The molecule has 140 valence electrons. The van der Waals surface area contributed by atoms with Crippen LogP contribution in [0.2, 0.25) is 5.02 Å². The minimum Gasteiger partial charge on any atom is -0.495 e. The zero-order chi connectivity index (χ0) is 19.3. The average Bonchev–Trinajstić information content (AvgIpc) is 2.61. The highest BCUT2D eigenvalue weighted by Crippen LogP contribution is 2.28. The predicted octanol–water partition coefficient (Wildman–Crippen LogP) is 2.59. The smallest absolute Gasteiger partial charge is 0.247 e. The van der Waals surface area contributed by atoms with Crippen molar-refractivity contribution in [1.82, 2.24) is 9.62 Å². The van der Waals surface area contributed by atoms with E-state index < -0.39 is 15.9 Å². The number of carbonyl (C=O) groups excluding carboxylic acids is 1. The number of methoxy groups -OCH3 is 1. The Hall–Kier alpha value is -2.09. The standard InChI is InChI=1S/C18H21ClN2O4S/c1-13-4-6-14(7-5-13)11-20-18(22)12-21(2)26(23,24)17-10-15(19)8-9-16(17)25-3/h4-10H,11-12H2,1-3H3,(H,20,22). The van der Waals surface area contributed by atoms with Gasteiger partial charge < -0.3 is 10.1 Å². The molecule has 2 rings (SSSR count). The second kappa shape index (κ2) is 8.53. The van der Waals surface area contributed by atoms with E-state index in [4.69, 9.17) is 16.3 Å². The summed E-state index contributed by atoms with van der Waals surface area (Å²) in [7, 11) is -1.22. The lowest BCUT2D eigenvalue weighted by atomic mass is 10.1. The third-order valence-corrected chi connectivity index (χ3v) is 5.85. The average molecular weight is 397 g/mol. The molecule has 0 aliphatic rings. The van der Waals surface area contributed by atoms with Crippen LogP contribution < -0.4 is 10.1 Å². The minimum absolute atomic E-state index is 0.0821. The molecular weight excluding hydrogens is 376 g/mol. The minimum atomic E-state index is -3.92. The quantitative estimate of drug-likeness (QED) is 0.780. The van der Waals surface area contributed by atoms with Gasteiger partial charge in [-0.15, -0.1) is 0 Å². The molecule has 1 N–H and O–H groups in total. The van der Waals surface area contributed by atoms with Gasteiger partial charge in [0.1, 0.15) is 10.6 Å². The van der Waals surface area contributed by atoms with Crippen molar-refractivity contribution in [3.05, 3.63) is 58.6 Å². The molecule has 2 aromatic carbocycles. The number of hydrogen-bond donors (Lipinski definition) is 1. The number of hydrogen-bond acceptors (Lipinski definition) is 4. The van der Waals surface area contributed by atoms with E-state index in [1.807, 2.05) is 31.2 Å². The van der Waals surface area contributed by atoms with Gasteiger partial charge in [-0.05, 0) is 30.7 Å². The number of sulfonamides is 1. The Labute approximate surface area is 158 Å². The number of likely N-dealkylation sites (N-methyl/N-ethyl adjacent to an activating group) is 1. The number of benzene rings is 2. The summed E-state index contributed by atoms with van der Waals surface area (Å²) in [6.07, 6.45) is 0. The molecule has 0 aromatic heterocycles. The van der Waals surface area contributed by atoms with E-state index in [1.54, 1.807) is 0 Å². The van der Waals surface area contributed by atoms with Gasteiger partial charge in [0, 0.05) is 18.6 Å². The summed E-state index contributed by atoms with van der Waals surface area (Å²) in [5, 5.41) is 2.98. The Morgan fingerprint density at radius 1 is 1.19 bits per heavy atom. The molecule has 0 aliphatic heterocycles. The molecule has 0 radical (unpaired) electrons. The molecule has 8 heteroatoms. The highest BCUT2D eigenvalue weighted by molar-refractivity contribution is 7.89. The van der Waals surface area contributed by atoms with Crippen molar-refractivity contribution in [3.8, 4) is 5.75 Å². The maximum atomic E-state index is 12.7. The maximum Gasteiger partial charge on any atom is 0.247 e. The number of nitrogens with zero attached hydrogens (tertiary/aromatic N) is 1. The summed E-state index contributed by atoms with van der Waals surface area (Å²) in [6, 6.07) is 12.0. The van der Waals surface area contributed by atoms with Gasteiger partial charge in [0.25, 0.3) is 0 Å². The second-order valence-corrected chi connectivity index (χ2v) is 8.27. The third-order valence-electron chi connectivity index (χ3n) is 3.79. The zero-order valence-electron chi connectivity index (χ0n) is 14.8. The second-order valence-electron chi connectivity index (χ2n) is 5.82. The Bertz CT molecular complexity index is 883. The predicted molar refractivity (Wildman–Crippen MR) is 101 cm³/mol. The fourth-order valence-corrected chi connectivity index (χ4v) is 3.81. The first kappa shape index (κ1) is 20.2. The van der Waals surface area contributed by atoms with Gasteiger partial charge in [-0.2, -0.15) is 4.31 Å². The molecule has 0 unspecified atom stereocenters. The molecule has 1 amide bonds. The van der Waals surface area contributed by atoms with Crippen LogP contribution in [0.4, 0.5) is 0 Å². The van der Waals surface area contributed by atoms with Crippen molar-refractivity contribution in [2.75, 3.05) is 20.7 Å². The number of halogens is 1. The number of amides is 1. The van der Waals surface area contributed by atoms with E-state index in [1.165, 1.54) is 32.4 Å². The lowest BCUT2D eigenvalue weighted by Crippen LogP contribution is -2.38. The van der Waals surface area contributed by atoms with Crippen molar-refractivity contribution < 1.29 is 17.9 Å². The first-order chi connectivity index (χ1) is 12.2. The van der Waals surface area contributed by atoms with E-state index in [0.717, 1.165) is 15.4 Å².